The van der Waals surface area contributed by atoms with E-state index in [4.69, 9.17) is 10.2 Å². The van der Waals surface area contributed by atoms with Gasteiger partial charge in [0.15, 0.2) is 0 Å². The van der Waals surface area contributed by atoms with E-state index in [-0.39, 0.29) is 13.2 Å². The highest BCUT2D eigenvalue weighted by molar-refractivity contribution is 4.55. The van der Waals surface area contributed by atoms with Crippen molar-refractivity contribution in [2.45, 2.75) is 52.6 Å². The summed E-state index contributed by atoms with van der Waals surface area (Å²) in [6, 6.07) is 1.09. The normalized spacial score (nSPS) is 13.9. The molecule has 0 bridgehead atoms. The maximum absolute atomic E-state index is 8.35. The summed E-state index contributed by atoms with van der Waals surface area (Å²) in [4.78, 5) is 0. The van der Waals surface area contributed by atoms with Gasteiger partial charge < -0.3 is 20.8 Å². The topological polar surface area (TPSA) is 64.5 Å². The molecule has 0 aliphatic rings. The minimum absolute atomic E-state index is 0.240. The zero-order valence-corrected chi connectivity index (χ0v) is 11.3. The maximum atomic E-state index is 8.35. The third kappa shape index (κ3) is 16.3. The molecule has 0 saturated heterocycles. The summed E-state index contributed by atoms with van der Waals surface area (Å²) in [6.45, 7) is 10.4. The van der Waals surface area contributed by atoms with Gasteiger partial charge >= 0.3 is 0 Å². The van der Waals surface area contributed by atoms with Gasteiger partial charge in [0.1, 0.15) is 0 Å². The van der Waals surface area contributed by atoms with Crippen molar-refractivity contribution in [2.75, 3.05) is 26.3 Å². The van der Waals surface area contributed by atoms with Crippen molar-refractivity contribution in [3.63, 3.8) is 0 Å². The van der Waals surface area contributed by atoms with Crippen molar-refractivity contribution in [3.8, 4) is 0 Å². The van der Waals surface area contributed by atoms with Crippen LogP contribution < -0.4 is 10.6 Å². The van der Waals surface area contributed by atoms with Crippen molar-refractivity contribution < 1.29 is 10.2 Å². The largest absolute Gasteiger partial charge is 0.395 e. The van der Waals surface area contributed by atoms with E-state index in [1.54, 1.807) is 0 Å². The molecule has 0 aromatic heterocycles. The molecule has 0 aliphatic carbocycles. The standard InChI is InChI=1S/2C6H15NO/c2*1-3-6(2)7-4-5-8/h2*6-8H,3-5H2,1-2H3. The zero-order valence-electron chi connectivity index (χ0n) is 11.3. The fourth-order valence-corrected chi connectivity index (χ4v) is 0.911. The average Bonchev–Trinajstić information content (AvgIpc) is 2.33. The van der Waals surface area contributed by atoms with E-state index in [1.807, 2.05) is 0 Å². The fourth-order valence-electron chi connectivity index (χ4n) is 0.911. The lowest BCUT2D eigenvalue weighted by molar-refractivity contribution is 0.285. The van der Waals surface area contributed by atoms with Gasteiger partial charge in [0.25, 0.3) is 0 Å². The highest BCUT2D eigenvalue weighted by atomic mass is 16.3. The molecule has 16 heavy (non-hydrogen) atoms. The highest BCUT2D eigenvalue weighted by Crippen LogP contribution is 1.85. The first-order valence-electron chi connectivity index (χ1n) is 6.30. The van der Waals surface area contributed by atoms with Gasteiger partial charge in [-0.2, -0.15) is 0 Å². The van der Waals surface area contributed by atoms with Crippen LogP contribution in [-0.2, 0) is 0 Å². The molecule has 4 nitrogen and oxygen atoms in total. The third-order valence-corrected chi connectivity index (χ3v) is 2.43. The molecular formula is C12H30N2O2. The lowest BCUT2D eigenvalue weighted by Gasteiger charge is -2.07. The van der Waals surface area contributed by atoms with E-state index < -0.39 is 0 Å². The van der Waals surface area contributed by atoms with Crippen LogP contribution >= 0.6 is 0 Å². The summed E-state index contributed by atoms with van der Waals surface area (Å²) in [6.07, 6.45) is 2.25. The van der Waals surface area contributed by atoms with Crippen molar-refractivity contribution >= 4 is 0 Å². The Kier molecular flexibility index (Phi) is 16.9. The first kappa shape index (κ1) is 18.2. The van der Waals surface area contributed by atoms with Crippen LogP contribution in [0.3, 0.4) is 0 Å². The summed E-state index contributed by atoms with van der Waals surface area (Å²) in [5.74, 6) is 0. The molecule has 0 saturated carbocycles. The molecule has 0 spiro atoms. The van der Waals surface area contributed by atoms with Crippen molar-refractivity contribution in [1.29, 1.82) is 0 Å². The molecule has 0 radical (unpaired) electrons. The van der Waals surface area contributed by atoms with E-state index >= 15 is 0 Å². The van der Waals surface area contributed by atoms with Crippen LogP contribution in [0.25, 0.3) is 0 Å². The Labute approximate surface area is 100 Å². The Balaban J connectivity index is 0. The molecule has 0 aromatic carbocycles. The maximum Gasteiger partial charge on any atom is 0.0556 e. The van der Waals surface area contributed by atoms with E-state index in [1.165, 1.54) is 0 Å². The van der Waals surface area contributed by atoms with Gasteiger partial charge in [-0.1, -0.05) is 13.8 Å². The number of hydrogen-bond acceptors (Lipinski definition) is 4. The Hall–Kier alpha value is -0.160. The van der Waals surface area contributed by atoms with Crippen LogP contribution in [0.5, 0.6) is 0 Å². The van der Waals surface area contributed by atoms with Gasteiger partial charge in [-0.3, -0.25) is 0 Å². The molecule has 4 N–H and O–H groups in total. The van der Waals surface area contributed by atoms with Gasteiger partial charge in [-0.25, -0.2) is 0 Å². The zero-order chi connectivity index (χ0) is 12.8. The number of hydrogen-bond donors (Lipinski definition) is 4. The van der Waals surface area contributed by atoms with Crippen molar-refractivity contribution in [3.05, 3.63) is 0 Å². The van der Waals surface area contributed by atoms with Gasteiger partial charge in [0, 0.05) is 25.2 Å². The minimum Gasteiger partial charge on any atom is -0.395 e. The summed E-state index contributed by atoms with van der Waals surface area (Å²) in [5.41, 5.74) is 0. The monoisotopic (exact) mass is 234 g/mol. The van der Waals surface area contributed by atoms with Crippen LogP contribution in [0.15, 0.2) is 0 Å². The molecule has 2 atom stereocenters. The molecule has 100 valence electrons. The second-order valence-corrected chi connectivity index (χ2v) is 3.97. The number of nitrogens with one attached hydrogen (secondary N) is 2. The summed E-state index contributed by atoms with van der Waals surface area (Å²) >= 11 is 0. The van der Waals surface area contributed by atoms with Crippen LogP contribution in [-0.4, -0.2) is 48.6 Å². The Morgan fingerprint density at radius 3 is 1.31 bits per heavy atom. The second-order valence-electron chi connectivity index (χ2n) is 3.97. The van der Waals surface area contributed by atoms with E-state index in [0.29, 0.717) is 12.1 Å². The smallest absolute Gasteiger partial charge is 0.0556 e. The van der Waals surface area contributed by atoms with E-state index in [2.05, 4.69) is 38.3 Å². The quantitative estimate of drug-likeness (QED) is 0.500. The minimum atomic E-state index is 0.240. The number of aliphatic hydroxyl groups excluding tert-OH is 2. The third-order valence-electron chi connectivity index (χ3n) is 2.43. The van der Waals surface area contributed by atoms with Crippen molar-refractivity contribution in [2.24, 2.45) is 0 Å². The van der Waals surface area contributed by atoms with Gasteiger partial charge in [0.2, 0.25) is 0 Å². The molecule has 0 fully saturated rings. The fraction of sp³-hybridized carbons (Fsp3) is 1.00. The number of rotatable bonds is 8. The predicted octanol–water partition coefficient (Wildman–Crippen LogP) is 0.734. The van der Waals surface area contributed by atoms with Gasteiger partial charge in [-0.05, 0) is 26.7 Å². The van der Waals surface area contributed by atoms with Crippen molar-refractivity contribution in [1.82, 2.24) is 10.6 Å². The first-order chi connectivity index (χ1) is 7.62. The Morgan fingerprint density at radius 1 is 0.812 bits per heavy atom. The molecule has 4 heteroatoms. The number of aliphatic hydroxyl groups is 2. The lowest BCUT2D eigenvalue weighted by atomic mass is 10.3. The average molecular weight is 234 g/mol. The molecule has 0 heterocycles. The van der Waals surface area contributed by atoms with Crippen LogP contribution in [0.1, 0.15) is 40.5 Å². The van der Waals surface area contributed by atoms with Crippen LogP contribution in [0.2, 0.25) is 0 Å². The summed E-state index contributed by atoms with van der Waals surface area (Å²) in [7, 11) is 0. The predicted molar refractivity (Wildman–Crippen MR) is 69.7 cm³/mol. The second kappa shape index (κ2) is 14.8. The SMILES string of the molecule is CCC(C)NCCO.CCC(C)NCCO. The van der Waals surface area contributed by atoms with Gasteiger partial charge in [0.05, 0.1) is 13.2 Å². The summed E-state index contributed by atoms with van der Waals surface area (Å²) < 4.78 is 0. The molecule has 2 unspecified atom stereocenters. The molecule has 0 amide bonds. The van der Waals surface area contributed by atoms with E-state index in [9.17, 15) is 0 Å². The molecule has 0 aromatic rings. The highest BCUT2D eigenvalue weighted by Gasteiger charge is 1.93. The van der Waals surface area contributed by atoms with Gasteiger partial charge in [-0.15, -0.1) is 0 Å². The van der Waals surface area contributed by atoms with Crippen LogP contribution in [0, 0.1) is 0 Å². The molecule has 0 rings (SSSR count). The summed E-state index contributed by atoms with van der Waals surface area (Å²) in [5, 5.41) is 23.0. The van der Waals surface area contributed by atoms with Crippen LogP contribution in [0.4, 0.5) is 0 Å². The molecular weight excluding hydrogens is 204 g/mol. The Morgan fingerprint density at radius 2 is 1.12 bits per heavy atom. The van der Waals surface area contributed by atoms with E-state index in [0.717, 1.165) is 25.9 Å². The first-order valence-corrected chi connectivity index (χ1v) is 6.30. The lowest BCUT2D eigenvalue weighted by Crippen LogP contribution is -2.27. The molecule has 0 aliphatic heterocycles. The Bertz CT molecular complexity index is 110.